The van der Waals surface area contributed by atoms with Gasteiger partial charge in [0.25, 0.3) is 5.91 Å². The van der Waals surface area contributed by atoms with Crippen molar-refractivity contribution < 1.29 is 23.7 Å². The third kappa shape index (κ3) is 3.92. The monoisotopic (exact) mass is 479 g/mol. The van der Waals surface area contributed by atoms with Crippen molar-refractivity contribution in [2.24, 2.45) is 7.05 Å². The SMILES string of the molecule is COc1ccc(-c2nn(C)c3sc(C(=O)N[C@@H](C)c4ccc5c(c4)OCCO5)cc23)cc1OC. The Labute approximate surface area is 201 Å². The molecule has 1 amide bonds. The van der Waals surface area contributed by atoms with Gasteiger partial charge in [-0.2, -0.15) is 5.10 Å². The fourth-order valence-corrected chi connectivity index (χ4v) is 5.00. The highest BCUT2D eigenvalue weighted by Gasteiger charge is 2.21. The molecule has 0 aliphatic carbocycles. The zero-order valence-corrected chi connectivity index (χ0v) is 20.2. The smallest absolute Gasteiger partial charge is 0.261 e. The quantitative estimate of drug-likeness (QED) is 0.436. The topological polar surface area (TPSA) is 83.8 Å². The maximum absolute atomic E-state index is 13.1. The summed E-state index contributed by atoms with van der Waals surface area (Å²) in [4.78, 5) is 14.6. The van der Waals surface area contributed by atoms with Crippen molar-refractivity contribution in [2.75, 3.05) is 27.4 Å². The van der Waals surface area contributed by atoms with Gasteiger partial charge in [0.2, 0.25) is 0 Å². The average Bonchev–Trinajstić information content (AvgIpc) is 3.44. The molecule has 9 heteroatoms. The van der Waals surface area contributed by atoms with E-state index in [0.717, 1.165) is 32.8 Å². The summed E-state index contributed by atoms with van der Waals surface area (Å²) in [7, 11) is 5.08. The Balaban J connectivity index is 1.41. The van der Waals surface area contributed by atoms with Crippen LogP contribution in [0.2, 0.25) is 0 Å². The standard InChI is InChI=1S/C25H25N3O5S/c1-14(15-5-8-19-21(11-15)33-10-9-32-19)26-24(29)22-13-17-23(27-28(2)25(17)34-22)16-6-7-18(30-3)20(12-16)31-4/h5-8,11-14H,9-10H2,1-4H3,(H,26,29)/t14-/m0/s1. The van der Waals surface area contributed by atoms with E-state index in [4.69, 9.17) is 18.9 Å². The molecule has 34 heavy (non-hydrogen) atoms. The van der Waals surface area contributed by atoms with Gasteiger partial charge in [-0.1, -0.05) is 6.07 Å². The largest absolute Gasteiger partial charge is 0.493 e. The molecule has 0 radical (unpaired) electrons. The lowest BCUT2D eigenvalue weighted by Gasteiger charge is -2.21. The zero-order chi connectivity index (χ0) is 23.8. The number of hydrogen-bond donors (Lipinski definition) is 1. The second kappa shape index (κ2) is 8.90. The van der Waals surface area contributed by atoms with Crippen LogP contribution < -0.4 is 24.3 Å². The van der Waals surface area contributed by atoms with Crippen molar-refractivity contribution in [2.45, 2.75) is 13.0 Å². The van der Waals surface area contributed by atoms with Gasteiger partial charge in [0, 0.05) is 18.0 Å². The van der Waals surface area contributed by atoms with Crippen LogP contribution in [-0.4, -0.2) is 43.1 Å². The molecule has 1 aliphatic heterocycles. The Morgan fingerprint density at radius 3 is 2.59 bits per heavy atom. The molecule has 0 saturated carbocycles. The summed E-state index contributed by atoms with van der Waals surface area (Å²) in [5.41, 5.74) is 2.62. The first-order valence-electron chi connectivity index (χ1n) is 10.9. The number of aromatic nitrogens is 2. The molecule has 176 valence electrons. The van der Waals surface area contributed by atoms with Crippen LogP contribution in [0.1, 0.15) is 28.2 Å². The lowest BCUT2D eigenvalue weighted by molar-refractivity contribution is 0.0944. The van der Waals surface area contributed by atoms with Crippen LogP contribution in [0.15, 0.2) is 42.5 Å². The predicted octanol–water partition coefficient (Wildman–Crippen LogP) is 4.58. The maximum Gasteiger partial charge on any atom is 0.261 e. The molecular formula is C25H25N3O5S. The Morgan fingerprint density at radius 1 is 1.06 bits per heavy atom. The highest BCUT2D eigenvalue weighted by Crippen LogP contribution is 2.38. The lowest BCUT2D eigenvalue weighted by Crippen LogP contribution is -2.26. The van der Waals surface area contributed by atoms with Gasteiger partial charge in [0.05, 0.1) is 25.1 Å². The molecule has 5 rings (SSSR count). The van der Waals surface area contributed by atoms with Crippen molar-refractivity contribution in [3.8, 4) is 34.3 Å². The minimum atomic E-state index is -0.197. The summed E-state index contributed by atoms with van der Waals surface area (Å²) in [6.45, 7) is 3.02. The van der Waals surface area contributed by atoms with E-state index in [9.17, 15) is 4.79 Å². The first kappa shape index (κ1) is 22.1. The predicted molar refractivity (Wildman–Crippen MR) is 130 cm³/mol. The Bertz CT molecular complexity index is 1380. The number of fused-ring (bicyclic) bond motifs is 2. The van der Waals surface area contributed by atoms with E-state index >= 15 is 0 Å². The third-order valence-corrected chi connectivity index (χ3v) is 7.01. The molecular weight excluding hydrogens is 454 g/mol. The van der Waals surface area contributed by atoms with Crippen LogP contribution in [-0.2, 0) is 7.05 Å². The summed E-state index contributed by atoms with van der Waals surface area (Å²) in [5.74, 6) is 2.57. The molecule has 1 atom stereocenters. The molecule has 0 spiro atoms. The van der Waals surface area contributed by atoms with Gasteiger partial charge in [0.15, 0.2) is 23.0 Å². The summed E-state index contributed by atoms with van der Waals surface area (Å²) < 4.78 is 23.8. The number of carbonyl (C=O) groups excluding carboxylic acids is 1. The van der Waals surface area contributed by atoms with Crippen molar-refractivity contribution in [3.63, 3.8) is 0 Å². The molecule has 2 aromatic heterocycles. The molecule has 2 aromatic carbocycles. The van der Waals surface area contributed by atoms with Crippen LogP contribution in [0.25, 0.3) is 21.5 Å². The Morgan fingerprint density at radius 2 is 1.82 bits per heavy atom. The van der Waals surface area contributed by atoms with E-state index in [0.29, 0.717) is 35.3 Å². The van der Waals surface area contributed by atoms with Crippen molar-refractivity contribution >= 4 is 27.5 Å². The van der Waals surface area contributed by atoms with Gasteiger partial charge in [-0.15, -0.1) is 11.3 Å². The molecule has 0 fully saturated rings. The number of amides is 1. The van der Waals surface area contributed by atoms with E-state index < -0.39 is 0 Å². The fraction of sp³-hybridized carbons (Fsp3) is 0.280. The third-order valence-electron chi connectivity index (χ3n) is 5.81. The van der Waals surface area contributed by atoms with Crippen LogP contribution in [0.3, 0.4) is 0 Å². The Hall–Kier alpha value is -3.72. The molecule has 3 heterocycles. The van der Waals surface area contributed by atoms with Gasteiger partial charge in [-0.05, 0) is 48.9 Å². The minimum Gasteiger partial charge on any atom is -0.493 e. The second-order valence-corrected chi connectivity index (χ2v) is 9.00. The first-order chi connectivity index (χ1) is 16.5. The van der Waals surface area contributed by atoms with Gasteiger partial charge in [-0.3, -0.25) is 9.48 Å². The van der Waals surface area contributed by atoms with Crippen LogP contribution in [0.4, 0.5) is 0 Å². The number of hydrogen-bond acceptors (Lipinski definition) is 7. The summed E-state index contributed by atoms with van der Waals surface area (Å²) in [6.07, 6.45) is 0. The molecule has 0 bridgehead atoms. The number of benzene rings is 2. The average molecular weight is 480 g/mol. The normalized spacial score (nSPS) is 13.5. The summed E-state index contributed by atoms with van der Waals surface area (Å²) in [6, 6.07) is 13.1. The van der Waals surface area contributed by atoms with E-state index in [1.54, 1.807) is 18.9 Å². The van der Waals surface area contributed by atoms with Gasteiger partial charge >= 0.3 is 0 Å². The molecule has 1 N–H and O–H groups in total. The Kier molecular flexibility index (Phi) is 5.79. The molecule has 8 nitrogen and oxygen atoms in total. The number of nitrogens with one attached hydrogen (secondary N) is 1. The van der Waals surface area contributed by atoms with Crippen LogP contribution >= 0.6 is 11.3 Å². The highest BCUT2D eigenvalue weighted by atomic mass is 32.1. The number of nitrogens with zero attached hydrogens (tertiary/aromatic N) is 2. The van der Waals surface area contributed by atoms with Crippen LogP contribution in [0, 0.1) is 0 Å². The van der Waals surface area contributed by atoms with E-state index in [2.05, 4.69) is 10.4 Å². The van der Waals surface area contributed by atoms with Gasteiger partial charge in [0.1, 0.15) is 23.7 Å². The number of carbonyl (C=O) groups is 1. The van der Waals surface area contributed by atoms with Crippen molar-refractivity contribution in [1.29, 1.82) is 0 Å². The summed E-state index contributed by atoms with van der Waals surface area (Å²) in [5, 5.41) is 8.68. The first-order valence-corrected chi connectivity index (χ1v) is 11.7. The zero-order valence-electron chi connectivity index (χ0n) is 19.4. The highest BCUT2D eigenvalue weighted by molar-refractivity contribution is 7.20. The number of aryl methyl sites for hydroxylation is 1. The lowest BCUT2D eigenvalue weighted by atomic mass is 10.1. The van der Waals surface area contributed by atoms with Gasteiger partial charge < -0.3 is 24.3 Å². The number of methoxy groups -OCH3 is 2. The van der Waals surface area contributed by atoms with Crippen LogP contribution in [0.5, 0.6) is 23.0 Å². The van der Waals surface area contributed by atoms with Gasteiger partial charge in [-0.25, -0.2) is 0 Å². The summed E-state index contributed by atoms with van der Waals surface area (Å²) >= 11 is 1.41. The number of ether oxygens (including phenoxy) is 4. The van der Waals surface area contributed by atoms with E-state index in [1.807, 2.05) is 56.4 Å². The number of thiophene rings is 1. The fourth-order valence-electron chi connectivity index (χ4n) is 4.03. The molecule has 0 unspecified atom stereocenters. The maximum atomic E-state index is 13.1. The van der Waals surface area contributed by atoms with Crippen molar-refractivity contribution in [1.82, 2.24) is 15.1 Å². The molecule has 0 saturated heterocycles. The minimum absolute atomic E-state index is 0.137. The van der Waals surface area contributed by atoms with E-state index in [1.165, 1.54) is 11.3 Å². The van der Waals surface area contributed by atoms with E-state index in [-0.39, 0.29) is 11.9 Å². The van der Waals surface area contributed by atoms with Crippen molar-refractivity contribution in [3.05, 3.63) is 52.9 Å². The number of rotatable bonds is 6. The second-order valence-electron chi connectivity index (χ2n) is 7.97. The molecule has 4 aromatic rings. The molecule has 1 aliphatic rings.